The van der Waals surface area contributed by atoms with Crippen molar-refractivity contribution < 1.29 is 0 Å². The summed E-state index contributed by atoms with van der Waals surface area (Å²) in [7, 11) is 0. The molecule has 0 saturated heterocycles. The van der Waals surface area contributed by atoms with Crippen molar-refractivity contribution in [2.45, 2.75) is 45.7 Å². The Labute approximate surface area is 99.0 Å². The maximum absolute atomic E-state index is 6.10. The van der Waals surface area contributed by atoms with Crippen LogP contribution in [0.3, 0.4) is 0 Å². The molecule has 0 fully saturated rings. The minimum Gasteiger partial charge on any atom is -0.324 e. The Bertz CT molecular complexity index is 320. The van der Waals surface area contributed by atoms with E-state index in [2.05, 4.69) is 38.1 Å². The van der Waals surface area contributed by atoms with E-state index in [-0.39, 0.29) is 11.6 Å². The zero-order valence-corrected chi connectivity index (χ0v) is 10.8. The average Bonchev–Trinajstić information content (AvgIpc) is 2.15. The van der Waals surface area contributed by atoms with Crippen LogP contribution in [-0.2, 0) is 6.42 Å². The first-order valence-corrected chi connectivity index (χ1v) is 5.94. The molecule has 1 atom stereocenters. The molecular weight excluding hydrogens is 196 g/mol. The Hall–Kier alpha value is -0.860. The van der Waals surface area contributed by atoms with Gasteiger partial charge in [-0.3, -0.25) is 0 Å². The number of nitrogens with two attached hydrogens (primary N) is 2. The summed E-state index contributed by atoms with van der Waals surface area (Å²) in [6.45, 7) is 8.37. The molecule has 1 rings (SSSR count). The summed E-state index contributed by atoms with van der Waals surface area (Å²) < 4.78 is 0. The van der Waals surface area contributed by atoms with Crippen LogP contribution < -0.4 is 11.5 Å². The lowest BCUT2D eigenvalue weighted by molar-refractivity contribution is 0.420. The fraction of sp³-hybridized carbons (Fsp3) is 0.571. The van der Waals surface area contributed by atoms with Gasteiger partial charge < -0.3 is 11.5 Å². The maximum Gasteiger partial charge on any atom is 0.0472 e. The molecule has 90 valence electrons. The van der Waals surface area contributed by atoms with Gasteiger partial charge in [-0.25, -0.2) is 0 Å². The normalized spacial score (nSPS) is 14.2. The zero-order chi connectivity index (χ0) is 12.3. The van der Waals surface area contributed by atoms with Crippen LogP contribution in [0.4, 0.5) is 0 Å². The van der Waals surface area contributed by atoms with Crippen LogP contribution in [0.1, 0.15) is 44.9 Å². The highest BCUT2D eigenvalue weighted by Gasteiger charge is 2.22. The molecule has 0 saturated carbocycles. The molecule has 0 bridgehead atoms. The molecule has 0 amide bonds. The van der Waals surface area contributed by atoms with Gasteiger partial charge in [0.1, 0.15) is 0 Å². The van der Waals surface area contributed by atoms with Gasteiger partial charge in [-0.05, 0) is 37.3 Å². The van der Waals surface area contributed by atoms with E-state index in [0.29, 0.717) is 5.92 Å². The van der Waals surface area contributed by atoms with Crippen molar-refractivity contribution in [2.24, 2.45) is 17.4 Å². The molecule has 2 nitrogen and oxygen atoms in total. The first-order valence-electron chi connectivity index (χ1n) is 5.94. The van der Waals surface area contributed by atoms with Crippen molar-refractivity contribution in [1.82, 2.24) is 0 Å². The Kier molecular flexibility index (Phi) is 4.11. The molecule has 0 heterocycles. The van der Waals surface area contributed by atoms with Gasteiger partial charge in [0.15, 0.2) is 0 Å². The molecule has 0 aromatic heterocycles. The SMILES string of the molecule is CC(C)Cc1ccc(C(N)C(C)(C)N)cc1. The molecule has 1 aromatic carbocycles. The lowest BCUT2D eigenvalue weighted by Gasteiger charge is -2.27. The van der Waals surface area contributed by atoms with Gasteiger partial charge in [0, 0.05) is 11.6 Å². The lowest BCUT2D eigenvalue weighted by Crippen LogP contribution is -2.43. The van der Waals surface area contributed by atoms with Crippen molar-refractivity contribution in [2.75, 3.05) is 0 Å². The van der Waals surface area contributed by atoms with Crippen LogP contribution in [0, 0.1) is 5.92 Å². The van der Waals surface area contributed by atoms with Crippen molar-refractivity contribution >= 4 is 0 Å². The van der Waals surface area contributed by atoms with E-state index in [9.17, 15) is 0 Å². The zero-order valence-electron chi connectivity index (χ0n) is 10.8. The molecule has 4 N–H and O–H groups in total. The fourth-order valence-corrected chi connectivity index (χ4v) is 1.76. The highest BCUT2D eigenvalue weighted by Crippen LogP contribution is 2.21. The number of hydrogen-bond donors (Lipinski definition) is 2. The van der Waals surface area contributed by atoms with Gasteiger partial charge in [0.2, 0.25) is 0 Å². The summed E-state index contributed by atoms with van der Waals surface area (Å²) in [5.74, 6) is 0.686. The Balaban J connectivity index is 2.79. The number of hydrogen-bond acceptors (Lipinski definition) is 2. The van der Waals surface area contributed by atoms with E-state index in [4.69, 9.17) is 11.5 Å². The topological polar surface area (TPSA) is 52.0 Å². The smallest absolute Gasteiger partial charge is 0.0472 e. The fourth-order valence-electron chi connectivity index (χ4n) is 1.76. The first-order chi connectivity index (χ1) is 7.30. The van der Waals surface area contributed by atoms with Crippen molar-refractivity contribution in [1.29, 1.82) is 0 Å². The Morgan fingerprint density at radius 2 is 1.62 bits per heavy atom. The van der Waals surface area contributed by atoms with Crippen LogP contribution in [-0.4, -0.2) is 5.54 Å². The Morgan fingerprint density at radius 1 is 1.12 bits per heavy atom. The number of rotatable bonds is 4. The van der Waals surface area contributed by atoms with E-state index in [1.54, 1.807) is 0 Å². The van der Waals surface area contributed by atoms with E-state index in [0.717, 1.165) is 12.0 Å². The third-order valence-corrected chi connectivity index (χ3v) is 2.78. The second-order valence-corrected chi connectivity index (χ2v) is 5.64. The largest absolute Gasteiger partial charge is 0.324 e. The van der Waals surface area contributed by atoms with E-state index in [1.165, 1.54) is 5.56 Å². The van der Waals surface area contributed by atoms with Crippen molar-refractivity contribution in [3.05, 3.63) is 35.4 Å². The van der Waals surface area contributed by atoms with Gasteiger partial charge >= 0.3 is 0 Å². The van der Waals surface area contributed by atoms with E-state index in [1.807, 2.05) is 13.8 Å². The van der Waals surface area contributed by atoms with Crippen LogP contribution in [0.2, 0.25) is 0 Å². The standard InChI is InChI=1S/C14H24N2/c1-10(2)9-11-5-7-12(8-6-11)13(15)14(3,4)16/h5-8,10,13H,9,15-16H2,1-4H3. The third kappa shape index (κ3) is 3.62. The molecule has 1 aromatic rings. The monoisotopic (exact) mass is 220 g/mol. The molecule has 0 radical (unpaired) electrons. The highest BCUT2D eigenvalue weighted by atomic mass is 14.8. The van der Waals surface area contributed by atoms with Crippen LogP contribution >= 0.6 is 0 Å². The molecule has 16 heavy (non-hydrogen) atoms. The quantitative estimate of drug-likeness (QED) is 0.819. The molecule has 0 spiro atoms. The van der Waals surface area contributed by atoms with Gasteiger partial charge in [-0.2, -0.15) is 0 Å². The minimum atomic E-state index is -0.375. The summed E-state index contributed by atoms with van der Waals surface area (Å²) in [5.41, 5.74) is 14.2. The van der Waals surface area contributed by atoms with Gasteiger partial charge in [-0.15, -0.1) is 0 Å². The second-order valence-electron chi connectivity index (χ2n) is 5.64. The van der Waals surface area contributed by atoms with Gasteiger partial charge in [0.25, 0.3) is 0 Å². The molecular formula is C14H24N2. The summed E-state index contributed by atoms with van der Waals surface area (Å²) in [6, 6.07) is 8.39. The molecule has 1 unspecified atom stereocenters. The van der Waals surface area contributed by atoms with Crippen molar-refractivity contribution in [3.8, 4) is 0 Å². The van der Waals surface area contributed by atoms with E-state index >= 15 is 0 Å². The van der Waals surface area contributed by atoms with Gasteiger partial charge in [0.05, 0.1) is 0 Å². The number of benzene rings is 1. The predicted molar refractivity (Wildman–Crippen MR) is 70.2 cm³/mol. The van der Waals surface area contributed by atoms with Crippen molar-refractivity contribution in [3.63, 3.8) is 0 Å². The predicted octanol–water partition coefficient (Wildman–Crippen LogP) is 2.62. The van der Waals surface area contributed by atoms with Crippen LogP contribution in [0.25, 0.3) is 0 Å². The Morgan fingerprint density at radius 3 is 2.00 bits per heavy atom. The maximum atomic E-state index is 6.10. The second kappa shape index (κ2) is 4.98. The summed E-state index contributed by atoms with van der Waals surface area (Å²) in [4.78, 5) is 0. The average molecular weight is 220 g/mol. The lowest BCUT2D eigenvalue weighted by atomic mass is 9.89. The summed E-state index contributed by atoms with van der Waals surface area (Å²) in [6.07, 6.45) is 1.11. The van der Waals surface area contributed by atoms with Crippen LogP contribution in [0.15, 0.2) is 24.3 Å². The summed E-state index contributed by atoms with van der Waals surface area (Å²) in [5, 5.41) is 0. The molecule has 2 heteroatoms. The molecule has 0 aliphatic rings. The molecule has 0 aliphatic heterocycles. The first kappa shape index (κ1) is 13.2. The highest BCUT2D eigenvalue weighted by molar-refractivity contribution is 5.27. The minimum absolute atomic E-state index is 0.111. The molecule has 0 aliphatic carbocycles. The van der Waals surface area contributed by atoms with Gasteiger partial charge in [-0.1, -0.05) is 38.1 Å². The third-order valence-electron chi connectivity index (χ3n) is 2.78. The van der Waals surface area contributed by atoms with E-state index < -0.39 is 0 Å². The summed E-state index contributed by atoms with van der Waals surface area (Å²) >= 11 is 0. The van der Waals surface area contributed by atoms with Crippen LogP contribution in [0.5, 0.6) is 0 Å².